The molecule has 1 saturated heterocycles. The first-order chi connectivity index (χ1) is 9.62. The van der Waals surface area contributed by atoms with Crippen LogP contribution in [0, 0.1) is 11.8 Å². The zero-order valence-corrected chi connectivity index (χ0v) is 12.2. The summed E-state index contributed by atoms with van der Waals surface area (Å²) in [5, 5.41) is 8.65. The Balaban J connectivity index is 2.02. The summed E-state index contributed by atoms with van der Waals surface area (Å²) in [4.78, 5) is 0. The molecule has 1 aliphatic rings. The lowest BCUT2D eigenvalue weighted by Crippen LogP contribution is -2.37. The molecule has 0 amide bonds. The van der Waals surface area contributed by atoms with Gasteiger partial charge in [0.2, 0.25) is 10.0 Å². The van der Waals surface area contributed by atoms with Gasteiger partial charge in [0.15, 0.2) is 0 Å². The van der Waals surface area contributed by atoms with Gasteiger partial charge in [-0.1, -0.05) is 24.0 Å². The lowest BCUT2D eigenvalue weighted by atomic mass is 10.1. The summed E-state index contributed by atoms with van der Waals surface area (Å²) in [5.74, 6) is 6.07. The maximum Gasteiger partial charge on any atom is 0.214 e. The second kappa shape index (κ2) is 6.89. The Bertz CT molecular complexity index is 596. The summed E-state index contributed by atoms with van der Waals surface area (Å²) in [6, 6.07) is 7.59. The molecular weight excluding hydrogens is 274 g/mol. The molecule has 0 radical (unpaired) electrons. The Morgan fingerprint density at radius 2 is 1.95 bits per heavy atom. The van der Waals surface area contributed by atoms with E-state index in [2.05, 4.69) is 11.8 Å². The van der Waals surface area contributed by atoms with Gasteiger partial charge in [-0.3, -0.25) is 0 Å². The summed E-state index contributed by atoms with van der Waals surface area (Å²) in [6.45, 7) is 1.12. The molecule has 2 rings (SSSR count). The molecule has 1 fully saturated rings. The summed E-state index contributed by atoms with van der Waals surface area (Å²) in [6.07, 6.45) is 2.16. The molecule has 108 valence electrons. The van der Waals surface area contributed by atoms with Crippen LogP contribution < -0.4 is 0 Å². The standard InChI is InChI=1S/C15H19NO3S/c17-11-3-1-5-14-6-8-15(9-7-14)13-16-10-2-4-12-20(16,18)19/h6-9,17H,2-4,10-13H2. The van der Waals surface area contributed by atoms with Crippen molar-refractivity contribution in [2.75, 3.05) is 18.9 Å². The summed E-state index contributed by atoms with van der Waals surface area (Å²) >= 11 is 0. The summed E-state index contributed by atoms with van der Waals surface area (Å²) < 4.78 is 25.4. The molecule has 0 spiro atoms. The Morgan fingerprint density at radius 1 is 1.20 bits per heavy atom. The average Bonchev–Trinajstić information content (AvgIpc) is 2.43. The van der Waals surface area contributed by atoms with Crippen molar-refractivity contribution in [1.29, 1.82) is 0 Å². The molecule has 1 aromatic rings. The van der Waals surface area contributed by atoms with Gasteiger partial charge < -0.3 is 5.11 Å². The molecular formula is C15H19NO3S. The predicted octanol–water partition coefficient (Wildman–Crippen LogP) is 1.35. The Labute approximate surface area is 120 Å². The van der Waals surface area contributed by atoms with Crippen molar-refractivity contribution in [3.05, 3.63) is 35.4 Å². The quantitative estimate of drug-likeness (QED) is 0.856. The minimum absolute atomic E-state index is 0.0674. The molecule has 5 heteroatoms. The van der Waals surface area contributed by atoms with Crippen LogP contribution in [0.1, 0.15) is 30.4 Å². The monoisotopic (exact) mass is 293 g/mol. The van der Waals surface area contributed by atoms with Crippen molar-refractivity contribution in [1.82, 2.24) is 4.31 Å². The number of nitrogens with zero attached hydrogens (tertiary/aromatic N) is 1. The van der Waals surface area contributed by atoms with Gasteiger partial charge >= 0.3 is 0 Å². The highest BCUT2D eigenvalue weighted by Crippen LogP contribution is 2.17. The van der Waals surface area contributed by atoms with Crippen LogP contribution in [0.25, 0.3) is 0 Å². The minimum atomic E-state index is -3.07. The van der Waals surface area contributed by atoms with Crippen LogP contribution in [0.15, 0.2) is 24.3 Å². The maximum absolute atomic E-state index is 11.9. The number of sulfonamides is 1. The fraction of sp³-hybridized carbons (Fsp3) is 0.467. The topological polar surface area (TPSA) is 57.6 Å². The molecule has 0 bridgehead atoms. The summed E-state index contributed by atoms with van der Waals surface area (Å²) in [5.41, 5.74) is 1.85. The second-order valence-electron chi connectivity index (χ2n) is 4.83. The van der Waals surface area contributed by atoms with Gasteiger partial charge in [0, 0.05) is 25.1 Å². The highest BCUT2D eigenvalue weighted by Gasteiger charge is 2.25. The number of rotatable bonds is 3. The van der Waals surface area contributed by atoms with Crippen molar-refractivity contribution in [2.24, 2.45) is 0 Å². The number of benzene rings is 1. The van der Waals surface area contributed by atoms with E-state index >= 15 is 0 Å². The molecule has 1 aromatic carbocycles. The van der Waals surface area contributed by atoms with Crippen LogP contribution in [0.4, 0.5) is 0 Å². The first-order valence-electron chi connectivity index (χ1n) is 6.78. The van der Waals surface area contributed by atoms with Gasteiger partial charge in [0.1, 0.15) is 0 Å². The first kappa shape index (κ1) is 15.0. The molecule has 0 atom stereocenters. The zero-order valence-electron chi connectivity index (χ0n) is 11.4. The van der Waals surface area contributed by atoms with E-state index in [0.717, 1.165) is 24.0 Å². The third-order valence-corrected chi connectivity index (χ3v) is 5.14. The number of aliphatic hydroxyl groups excluding tert-OH is 1. The van der Waals surface area contributed by atoms with E-state index in [1.807, 2.05) is 24.3 Å². The molecule has 1 N–H and O–H groups in total. The van der Waals surface area contributed by atoms with E-state index in [4.69, 9.17) is 5.11 Å². The molecule has 20 heavy (non-hydrogen) atoms. The fourth-order valence-corrected chi connectivity index (χ4v) is 3.72. The van der Waals surface area contributed by atoms with E-state index in [-0.39, 0.29) is 12.4 Å². The fourth-order valence-electron chi connectivity index (χ4n) is 2.14. The molecule has 1 aliphatic heterocycles. The maximum atomic E-state index is 11.9. The third kappa shape index (κ3) is 4.07. The van der Waals surface area contributed by atoms with Crippen LogP contribution >= 0.6 is 0 Å². The number of hydrogen-bond donors (Lipinski definition) is 1. The van der Waals surface area contributed by atoms with Crippen LogP contribution in [-0.2, 0) is 16.6 Å². The van der Waals surface area contributed by atoms with Crippen molar-refractivity contribution < 1.29 is 13.5 Å². The van der Waals surface area contributed by atoms with Crippen LogP contribution in [0.2, 0.25) is 0 Å². The van der Waals surface area contributed by atoms with E-state index in [0.29, 0.717) is 19.5 Å². The lowest BCUT2D eigenvalue weighted by molar-refractivity contribution is 0.305. The molecule has 4 nitrogen and oxygen atoms in total. The van der Waals surface area contributed by atoms with Gasteiger partial charge in [0.05, 0.1) is 12.4 Å². The Hall–Kier alpha value is -1.35. The lowest BCUT2D eigenvalue weighted by Gasteiger charge is -2.26. The summed E-state index contributed by atoms with van der Waals surface area (Å²) in [7, 11) is -3.07. The van der Waals surface area contributed by atoms with E-state index < -0.39 is 10.0 Å². The van der Waals surface area contributed by atoms with Crippen molar-refractivity contribution in [3.8, 4) is 11.8 Å². The van der Waals surface area contributed by atoms with Gasteiger partial charge in [-0.05, 0) is 30.5 Å². The van der Waals surface area contributed by atoms with Crippen molar-refractivity contribution in [2.45, 2.75) is 25.8 Å². The van der Waals surface area contributed by atoms with E-state index in [9.17, 15) is 8.42 Å². The van der Waals surface area contributed by atoms with Crippen molar-refractivity contribution >= 4 is 10.0 Å². The van der Waals surface area contributed by atoms with Gasteiger partial charge in [-0.15, -0.1) is 0 Å². The second-order valence-corrected chi connectivity index (χ2v) is 6.92. The average molecular weight is 293 g/mol. The van der Waals surface area contributed by atoms with Gasteiger partial charge in [0.25, 0.3) is 0 Å². The Morgan fingerprint density at radius 3 is 2.60 bits per heavy atom. The normalized spacial score (nSPS) is 18.2. The molecule has 0 aliphatic carbocycles. The predicted molar refractivity (Wildman–Crippen MR) is 78.5 cm³/mol. The van der Waals surface area contributed by atoms with E-state index in [1.165, 1.54) is 0 Å². The zero-order chi connectivity index (χ0) is 14.4. The molecule has 0 unspecified atom stereocenters. The van der Waals surface area contributed by atoms with Crippen LogP contribution in [0.3, 0.4) is 0 Å². The van der Waals surface area contributed by atoms with Crippen molar-refractivity contribution in [3.63, 3.8) is 0 Å². The SMILES string of the molecule is O=S1(=O)CCCCN1Cc1ccc(C#CCCO)cc1. The number of hydrogen-bond acceptors (Lipinski definition) is 3. The smallest absolute Gasteiger partial charge is 0.214 e. The number of aliphatic hydroxyl groups is 1. The molecule has 0 aromatic heterocycles. The third-order valence-electron chi connectivity index (χ3n) is 3.24. The molecule has 1 heterocycles. The minimum Gasteiger partial charge on any atom is -0.395 e. The first-order valence-corrected chi connectivity index (χ1v) is 8.39. The Kier molecular flexibility index (Phi) is 5.18. The molecule has 0 saturated carbocycles. The van der Waals surface area contributed by atoms with Gasteiger partial charge in [-0.25, -0.2) is 8.42 Å². The van der Waals surface area contributed by atoms with Crippen LogP contribution in [0.5, 0.6) is 0 Å². The largest absolute Gasteiger partial charge is 0.395 e. The van der Waals surface area contributed by atoms with Gasteiger partial charge in [-0.2, -0.15) is 4.31 Å². The van der Waals surface area contributed by atoms with Crippen LogP contribution in [-0.4, -0.2) is 36.7 Å². The van der Waals surface area contributed by atoms with E-state index in [1.54, 1.807) is 4.31 Å². The highest BCUT2D eigenvalue weighted by molar-refractivity contribution is 7.89. The highest BCUT2D eigenvalue weighted by atomic mass is 32.2.